The van der Waals surface area contributed by atoms with Crippen LogP contribution in [-0.2, 0) is 11.3 Å². The molecular weight excluding hydrogens is 374 g/mol. The van der Waals surface area contributed by atoms with Gasteiger partial charge in [0.25, 0.3) is 5.56 Å². The fourth-order valence-electron chi connectivity index (χ4n) is 3.47. The van der Waals surface area contributed by atoms with Gasteiger partial charge in [-0.15, -0.1) is 11.3 Å². The molecule has 0 unspecified atom stereocenters. The van der Waals surface area contributed by atoms with Gasteiger partial charge in [-0.05, 0) is 37.1 Å². The summed E-state index contributed by atoms with van der Waals surface area (Å²) in [5.74, 6) is 1.10. The van der Waals surface area contributed by atoms with Gasteiger partial charge in [-0.3, -0.25) is 14.2 Å². The summed E-state index contributed by atoms with van der Waals surface area (Å²) in [6.07, 6.45) is 0.104. The Morgan fingerprint density at radius 2 is 2.04 bits per heavy atom. The topological polar surface area (TPSA) is 87.2 Å². The fourth-order valence-corrected chi connectivity index (χ4v) is 4.51. The van der Waals surface area contributed by atoms with Crippen molar-refractivity contribution >= 4 is 27.5 Å². The first-order valence-electron chi connectivity index (χ1n) is 9.21. The Morgan fingerprint density at radius 3 is 2.61 bits per heavy atom. The minimum atomic E-state index is -0.436. The number of hydrogen-bond acceptors (Lipinski definition) is 5. The Hall–Kier alpha value is -2.67. The number of aromatic nitrogens is 2. The molecule has 7 heteroatoms. The van der Waals surface area contributed by atoms with Crippen molar-refractivity contribution in [1.82, 2.24) is 9.55 Å². The number of benzene rings is 1. The van der Waals surface area contributed by atoms with E-state index in [2.05, 4.69) is 0 Å². The molecule has 0 fully saturated rings. The number of amides is 1. The number of carbonyl (C=O) groups is 1. The van der Waals surface area contributed by atoms with E-state index in [9.17, 15) is 9.59 Å². The molecule has 1 aromatic carbocycles. The molecule has 0 saturated carbocycles. The van der Waals surface area contributed by atoms with Crippen molar-refractivity contribution in [2.24, 2.45) is 5.73 Å². The van der Waals surface area contributed by atoms with Crippen LogP contribution >= 0.6 is 11.3 Å². The van der Waals surface area contributed by atoms with Crippen LogP contribution in [-0.4, -0.2) is 22.6 Å². The lowest BCUT2D eigenvalue weighted by Gasteiger charge is -2.15. The highest BCUT2D eigenvalue weighted by Crippen LogP contribution is 2.37. The molecule has 2 N–H and O–H groups in total. The third-order valence-electron chi connectivity index (χ3n) is 4.80. The summed E-state index contributed by atoms with van der Waals surface area (Å²) in [7, 11) is 1.64. The standard InChI is InChI=1S/C21H25N3O3S/c1-11(2)19-23-20-18(21(26)24(19)9-8-16(22)25)17(13(4)28-20)14-6-7-15(27-5)12(3)10-14/h6-7,10-11H,8-9H2,1-5H3,(H2,22,25). The first-order chi connectivity index (χ1) is 13.2. The van der Waals surface area contributed by atoms with E-state index in [1.54, 1.807) is 11.7 Å². The lowest BCUT2D eigenvalue weighted by atomic mass is 10.0. The summed E-state index contributed by atoms with van der Waals surface area (Å²) in [4.78, 5) is 31.3. The molecule has 0 spiro atoms. The average Bonchev–Trinajstić information content (AvgIpc) is 2.96. The van der Waals surface area contributed by atoms with Crippen LogP contribution in [0.2, 0.25) is 0 Å². The molecule has 0 aliphatic carbocycles. The van der Waals surface area contributed by atoms with Crippen molar-refractivity contribution in [3.05, 3.63) is 44.8 Å². The summed E-state index contributed by atoms with van der Waals surface area (Å²) in [5, 5.41) is 0.598. The Kier molecular flexibility index (Phi) is 5.56. The zero-order valence-electron chi connectivity index (χ0n) is 16.8. The SMILES string of the molecule is COc1ccc(-c2c(C)sc3nc(C(C)C)n(CCC(N)=O)c(=O)c23)cc1C. The normalized spacial score (nSPS) is 11.4. The van der Waals surface area contributed by atoms with Gasteiger partial charge < -0.3 is 10.5 Å². The number of rotatable bonds is 6. The molecule has 0 radical (unpaired) electrons. The molecule has 0 aliphatic rings. The van der Waals surface area contributed by atoms with Gasteiger partial charge in [-0.1, -0.05) is 19.9 Å². The van der Waals surface area contributed by atoms with Crippen LogP contribution in [0.15, 0.2) is 23.0 Å². The van der Waals surface area contributed by atoms with E-state index in [-0.39, 0.29) is 24.4 Å². The van der Waals surface area contributed by atoms with E-state index in [1.807, 2.05) is 45.9 Å². The monoisotopic (exact) mass is 399 g/mol. The second kappa shape index (κ2) is 7.75. The largest absolute Gasteiger partial charge is 0.496 e. The average molecular weight is 400 g/mol. The van der Waals surface area contributed by atoms with E-state index >= 15 is 0 Å². The van der Waals surface area contributed by atoms with Gasteiger partial charge in [-0.25, -0.2) is 4.98 Å². The number of carbonyl (C=O) groups excluding carboxylic acids is 1. The van der Waals surface area contributed by atoms with Crippen LogP contribution in [0.5, 0.6) is 5.75 Å². The highest BCUT2D eigenvalue weighted by Gasteiger charge is 2.21. The number of nitrogens with two attached hydrogens (primary N) is 1. The van der Waals surface area contributed by atoms with Gasteiger partial charge in [0.2, 0.25) is 5.91 Å². The summed E-state index contributed by atoms with van der Waals surface area (Å²) in [5.41, 5.74) is 8.04. The first-order valence-corrected chi connectivity index (χ1v) is 10.0. The smallest absolute Gasteiger partial charge is 0.262 e. The summed E-state index contributed by atoms with van der Waals surface area (Å²) in [6, 6.07) is 5.90. The van der Waals surface area contributed by atoms with Gasteiger partial charge in [0.1, 0.15) is 16.4 Å². The minimum absolute atomic E-state index is 0.0547. The molecule has 3 rings (SSSR count). The quantitative estimate of drug-likeness (QED) is 0.684. The van der Waals surface area contributed by atoms with Gasteiger partial charge in [0, 0.05) is 29.3 Å². The third kappa shape index (κ3) is 3.54. The first kappa shape index (κ1) is 20.1. The maximum absolute atomic E-state index is 13.4. The van der Waals surface area contributed by atoms with E-state index < -0.39 is 5.91 Å². The van der Waals surface area contributed by atoms with Gasteiger partial charge in [-0.2, -0.15) is 0 Å². The maximum atomic E-state index is 13.4. The van der Waals surface area contributed by atoms with Gasteiger partial charge in [0.15, 0.2) is 0 Å². The van der Waals surface area contributed by atoms with Crippen LogP contribution in [0.25, 0.3) is 21.3 Å². The molecular formula is C21H25N3O3S. The van der Waals surface area contributed by atoms with Crippen LogP contribution in [0.3, 0.4) is 0 Å². The Labute approximate surface area is 168 Å². The molecule has 0 bridgehead atoms. The van der Waals surface area contributed by atoms with Gasteiger partial charge >= 0.3 is 0 Å². The molecule has 0 saturated heterocycles. The minimum Gasteiger partial charge on any atom is -0.496 e. The van der Waals surface area contributed by atoms with Crippen molar-refractivity contribution in [3.63, 3.8) is 0 Å². The summed E-state index contributed by atoms with van der Waals surface area (Å²) >= 11 is 1.52. The zero-order valence-corrected chi connectivity index (χ0v) is 17.6. The van der Waals surface area contributed by atoms with Crippen LogP contribution < -0.4 is 16.0 Å². The van der Waals surface area contributed by atoms with E-state index in [1.165, 1.54) is 11.3 Å². The Balaban J connectivity index is 2.29. The fraction of sp³-hybridized carbons (Fsp3) is 0.381. The van der Waals surface area contributed by atoms with Crippen LogP contribution in [0.1, 0.15) is 42.5 Å². The number of thiophene rings is 1. The molecule has 0 aliphatic heterocycles. The van der Waals surface area contributed by atoms with Crippen molar-refractivity contribution in [3.8, 4) is 16.9 Å². The number of ether oxygens (including phenoxy) is 1. The lowest BCUT2D eigenvalue weighted by Crippen LogP contribution is -2.28. The van der Waals surface area contributed by atoms with E-state index in [0.717, 1.165) is 32.1 Å². The molecule has 2 aromatic heterocycles. The van der Waals surface area contributed by atoms with Crippen molar-refractivity contribution in [2.75, 3.05) is 7.11 Å². The molecule has 28 heavy (non-hydrogen) atoms. The number of fused-ring (bicyclic) bond motifs is 1. The van der Waals surface area contributed by atoms with Crippen molar-refractivity contribution < 1.29 is 9.53 Å². The number of methoxy groups -OCH3 is 1. The second-order valence-corrected chi connectivity index (χ2v) is 8.40. The van der Waals surface area contributed by atoms with Crippen LogP contribution in [0.4, 0.5) is 0 Å². The lowest BCUT2D eigenvalue weighted by molar-refractivity contribution is -0.118. The summed E-state index contributed by atoms with van der Waals surface area (Å²) in [6.45, 7) is 8.20. The molecule has 2 heterocycles. The third-order valence-corrected chi connectivity index (χ3v) is 5.80. The van der Waals surface area contributed by atoms with Crippen molar-refractivity contribution in [1.29, 1.82) is 0 Å². The Morgan fingerprint density at radius 1 is 1.32 bits per heavy atom. The predicted molar refractivity (Wildman–Crippen MR) is 113 cm³/mol. The molecule has 3 aromatic rings. The van der Waals surface area contributed by atoms with Crippen LogP contribution in [0, 0.1) is 13.8 Å². The zero-order chi connectivity index (χ0) is 20.6. The number of nitrogens with zero attached hydrogens (tertiary/aromatic N) is 2. The van der Waals surface area contributed by atoms with Gasteiger partial charge in [0.05, 0.1) is 12.5 Å². The highest BCUT2D eigenvalue weighted by molar-refractivity contribution is 7.19. The number of aryl methyl sites for hydroxylation is 2. The second-order valence-electron chi connectivity index (χ2n) is 7.20. The van der Waals surface area contributed by atoms with Crippen molar-refractivity contribution in [2.45, 2.75) is 46.6 Å². The number of hydrogen-bond donors (Lipinski definition) is 1. The molecule has 1 amide bonds. The predicted octanol–water partition coefficient (Wildman–Crippen LogP) is 3.75. The molecule has 148 valence electrons. The number of primary amides is 1. The van der Waals surface area contributed by atoms with E-state index in [0.29, 0.717) is 11.2 Å². The maximum Gasteiger partial charge on any atom is 0.262 e. The summed E-state index contributed by atoms with van der Waals surface area (Å²) < 4.78 is 6.96. The van der Waals surface area contributed by atoms with E-state index in [4.69, 9.17) is 15.5 Å². The Bertz CT molecular complexity index is 1110. The highest BCUT2D eigenvalue weighted by atomic mass is 32.1. The molecule has 6 nitrogen and oxygen atoms in total. The molecule has 0 atom stereocenters.